The van der Waals surface area contributed by atoms with Crippen LogP contribution in [0, 0.1) is 13.8 Å². The molecular formula is C34H27F9N2O4S. The van der Waals surface area contributed by atoms with Crippen LogP contribution in [-0.4, -0.2) is 33.1 Å². The van der Waals surface area contributed by atoms with Crippen LogP contribution in [-0.2, 0) is 36.2 Å². The molecule has 1 aromatic heterocycles. The van der Waals surface area contributed by atoms with Gasteiger partial charge in [-0.2, -0.15) is 39.5 Å². The lowest BCUT2D eigenvalue weighted by molar-refractivity contribution is -0.143. The number of alkyl halides is 9. The Kier molecular flexibility index (Phi) is 9.49. The van der Waals surface area contributed by atoms with Gasteiger partial charge in [-0.1, -0.05) is 19.1 Å². The molecule has 1 N–H and O–H groups in total. The van der Waals surface area contributed by atoms with Crippen molar-refractivity contribution in [2.24, 2.45) is 0 Å². The van der Waals surface area contributed by atoms with Gasteiger partial charge in [-0.25, -0.2) is 14.6 Å². The third kappa shape index (κ3) is 7.02. The van der Waals surface area contributed by atoms with E-state index in [0.29, 0.717) is 50.8 Å². The second-order valence-electron chi connectivity index (χ2n) is 11.7. The van der Waals surface area contributed by atoms with Gasteiger partial charge in [0.15, 0.2) is 0 Å². The van der Waals surface area contributed by atoms with E-state index in [1.807, 2.05) is 0 Å². The lowest BCUT2D eigenvalue weighted by Gasteiger charge is -2.24. The Labute approximate surface area is 283 Å². The molecule has 1 fully saturated rings. The second-order valence-corrected chi connectivity index (χ2v) is 12.8. The van der Waals surface area contributed by atoms with Crippen molar-refractivity contribution in [3.63, 3.8) is 0 Å². The zero-order valence-corrected chi connectivity index (χ0v) is 27.4. The highest BCUT2D eigenvalue weighted by atomic mass is 32.1. The maximum atomic E-state index is 13.9. The topological polar surface area (TPSA) is 79.7 Å². The Morgan fingerprint density at radius 1 is 0.860 bits per heavy atom. The quantitative estimate of drug-likeness (QED) is 0.192. The number of aromatic nitrogens is 1. The fraction of sp³-hybridized carbons (Fsp3) is 0.324. The van der Waals surface area contributed by atoms with Gasteiger partial charge in [0.05, 0.1) is 40.5 Å². The van der Waals surface area contributed by atoms with Crippen molar-refractivity contribution in [3.8, 4) is 21.8 Å². The number of nitrogens with zero attached hydrogens (tertiary/aromatic N) is 2. The molecule has 4 aromatic rings. The number of benzene rings is 3. The molecule has 2 heterocycles. The zero-order valence-electron chi connectivity index (χ0n) is 26.6. The molecule has 0 saturated carbocycles. The summed E-state index contributed by atoms with van der Waals surface area (Å²) in [6, 6.07) is 5.47. The van der Waals surface area contributed by atoms with E-state index in [1.165, 1.54) is 30.4 Å². The summed E-state index contributed by atoms with van der Waals surface area (Å²) < 4.78 is 128. The summed E-state index contributed by atoms with van der Waals surface area (Å²) in [7, 11) is 0. The van der Waals surface area contributed by atoms with Gasteiger partial charge >= 0.3 is 30.6 Å². The standard InChI is InChI=1S/C34H27F9N2O4S/c1-5-26-27(44-29(50-26)23-8-9-24(30(46)47)16(3)15(23)2)25-7-6-20(32(35,36)37)12-19(25)14-45-17(4)28(49-31(45)48)18-10-21(33(38,39)40)13-22(11-18)34(41,42)43/h6-13,17,28H,5,14H2,1-4H3,(H,46,47)/t17-,28-/m0/s1. The van der Waals surface area contributed by atoms with E-state index >= 15 is 0 Å². The van der Waals surface area contributed by atoms with Gasteiger partial charge in [-0.15, -0.1) is 11.3 Å². The van der Waals surface area contributed by atoms with Crippen LogP contribution in [0.5, 0.6) is 0 Å². The predicted octanol–water partition coefficient (Wildman–Crippen LogP) is 10.5. The molecule has 1 amide bonds. The van der Waals surface area contributed by atoms with Crippen molar-refractivity contribution in [2.75, 3.05) is 0 Å². The number of rotatable bonds is 7. The molecule has 0 spiro atoms. The van der Waals surface area contributed by atoms with Crippen molar-refractivity contribution < 1.29 is 58.9 Å². The molecule has 266 valence electrons. The number of carbonyl (C=O) groups is 2. The SMILES string of the molecule is CCc1sc(-c2ccc(C(=O)O)c(C)c2C)nc1-c1ccc(C(F)(F)F)cc1CN1C(=O)O[C@H](c2cc(C(F)(F)F)cc(C(F)(F)F)c2)[C@@H]1C. The van der Waals surface area contributed by atoms with Gasteiger partial charge in [-0.05, 0) is 85.8 Å². The van der Waals surface area contributed by atoms with Crippen LogP contribution < -0.4 is 0 Å². The number of aromatic carboxylic acids is 1. The summed E-state index contributed by atoms with van der Waals surface area (Å²) in [5.41, 5.74) is -2.61. The Morgan fingerprint density at radius 2 is 1.44 bits per heavy atom. The van der Waals surface area contributed by atoms with Crippen molar-refractivity contribution >= 4 is 23.4 Å². The fourth-order valence-corrected chi connectivity index (χ4v) is 6.92. The molecule has 0 aliphatic carbocycles. The molecule has 0 bridgehead atoms. The number of hydrogen-bond acceptors (Lipinski definition) is 5. The summed E-state index contributed by atoms with van der Waals surface area (Å²) in [5.74, 6) is -1.12. The predicted molar refractivity (Wildman–Crippen MR) is 164 cm³/mol. The number of hydrogen-bond donors (Lipinski definition) is 1. The van der Waals surface area contributed by atoms with E-state index in [9.17, 15) is 54.2 Å². The Morgan fingerprint density at radius 3 is 1.98 bits per heavy atom. The van der Waals surface area contributed by atoms with Crippen LogP contribution in [0.2, 0.25) is 0 Å². The third-order valence-corrected chi connectivity index (χ3v) is 9.86. The van der Waals surface area contributed by atoms with Gasteiger partial charge in [0.25, 0.3) is 0 Å². The highest BCUT2D eigenvalue weighted by Gasteiger charge is 2.44. The van der Waals surface area contributed by atoms with Crippen LogP contribution in [0.25, 0.3) is 21.8 Å². The molecule has 2 atom stereocenters. The maximum Gasteiger partial charge on any atom is 0.416 e. The highest BCUT2D eigenvalue weighted by Crippen LogP contribution is 2.43. The number of amides is 1. The monoisotopic (exact) mass is 730 g/mol. The molecule has 0 unspecified atom stereocenters. The van der Waals surface area contributed by atoms with Crippen LogP contribution >= 0.6 is 11.3 Å². The average molecular weight is 731 g/mol. The molecular weight excluding hydrogens is 703 g/mol. The molecule has 50 heavy (non-hydrogen) atoms. The van der Waals surface area contributed by atoms with Gasteiger partial charge in [0.1, 0.15) is 11.1 Å². The van der Waals surface area contributed by atoms with Gasteiger partial charge < -0.3 is 9.84 Å². The van der Waals surface area contributed by atoms with E-state index in [-0.39, 0.29) is 22.8 Å². The molecule has 5 rings (SSSR count). The van der Waals surface area contributed by atoms with E-state index in [1.54, 1.807) is 26.8 Å². The summed E-state index contributed by atoms with van der Waals surface area (Å²) in [5, 5.41) is 9.96. The van der Waals surface area contributed by atoms with Gasteiger partial charge in [0.2, 0.25) is 0 Å². The van der Waals surface area contributed by atoms with Crippen LogP contribution in [0.15, 0.2) is 48.5 Å². The molecule has 3 aromatic carbocycles. The average Bonchev–Trinajstić information content (AvgIpc) is 3.57. The normalized spacial score (nSPS) is 17.0. The number of carboxylic acids is 1. The van der Waals surface area contributed by atoms with Crippen LogP contribution in [0.3, 0.4) is 0 Å². The number of ether oxygens (including phenoxy) is 1. The minimum absolute atomic E-state index is 0.0509. The van der Waals surface area contributed by atoms with Crippen molar-refractivity contribution in [2.45, 2.75) is 71.3 Å². The highest BCUT2D eigenvalue weighted by molar-refractivity contribution is 7.15. The third-order valence-electron chi connectivity index (χ3n) is 8.63. The first-order chi connectivity index (χ1) is 23.1. The lowest BCUT2D eigenvalue weighted by Crippen LogP contribution is -2.32. The summed E-state index contributed by atoms with van der Waals surface area (Å²) in [6.45, 7) is 5.90. The van der Waals surface area contributed by atoms with Crippen molar-refractivity contribution in [1.29, 1.82) is 0 Å². The van der Waals surface area contributed by atoms with E-state index in [4.69, 9.17) is 9.72 Å². The number of carboxylic acid groups (broad SMARTS) is 1. The van der Waals surface area contributed by atoms with Crippen molar-refractivity contribution in [3.05, 3.63) is 97.9 Å². The Balaban J connectivity index is 1.58. The fourth-order valence-electron chi connectivity index (χ4n) is 5.82. The minimum Gasteiger partial charge on any atom is -0.478 e. The minimum atomic E-state index is -5.16. The molecule has 16 heteroatoms. The second kappa shape index (κ2) is 12.9. The first-order valence-corrected chi connectivity index (χ1v) is 15.7. The van der Waals surface area contributed by atoms with Crippen molar-refractivity contribution in [1.82, 2.24) is 9.88 Å². The summed E-state index contributed by atoms with van der Waals surface area (Å²) in [6.07, 6.45) is -17.5. The zero-order chi connectivity index (χ0) is 37.1. The van der Waals surface area contributed by atoms with E-state index in [2.05, 4.69) is 0 Å². The van der Waals surface area contributed by atoms with Crippen LogP contribution in [0.1, 0.15) is 74.1 Å². The van der Waals surface area contributed by atoms with Gasteiger partial charge in [-0.3, -0.25) is 4.90 Å². The number of aryl methyl sites for hydroxylation is 1. The molecule has 1 saturated heterocycles. The van der Waals surface area contributed by atoms with E-state index in [0.717, 1.165) is 17.0 Å². The van der Waals surface area contributed by atoms with E-state index < -0.39 is 71.5 Å². The Bertz CT molecular complexity index is 1950. The first-order valence-electron chi connectivity index (χ1n) is 14.9. The molecule has 0 radical (unpaired) electrons. The number of halogens is 9. The summed E-state index contributed by atoms with van der Waals surface area (Å²) in [4.78, 5) is 31.1. The smallest absolute Gasteiger partial charge is 0.416 e. The van der Waals surface area contributed by atoms with Gasteiger partial charge in [0, 0.05) is 16.0 Å². The summed E-state index contributed by atoms with van der Waals surface area (Å²) >= 11 is 1.24. The number of thiazole rings is 1. The molecule has 6 nitrogen and oxygen atoms in total. The molecule has 1 aliphatic heterocycles. The number of cyclic esters (lactones) is 1. The largest absolute Gasteiger partial charge is 0.478 e. The lowest BCUT2D eigenvalue weighted by atomic mass is 9.96. The number of carbonyl (C=O) groups excluding carboxylic acids is 1. The molecule has 1 aliphatic rings. The van der Waals surface area contributed by atoms with Crippen LogP contribution in [0.4, 0.5) is 44.3 Å². The first kappa shape index (κ1) is 36.7. The maximum absolute atomic E-state index is 13.9. The Hall–Kier alpha value is -4.60.